The van der Waals surface area contributed by atoms with Gasteiger partial charge in [0.1, 0.15) is 0 Å². The van der Waals surface area contributed by atoms with E-state index in [0.29, 0.717) is 6.42 Å². The van der Waals surface area contributed by atoms with Gasteiger partial charge in [0.05, 0.1) is 6.07 Å². The fourth-order valence-corrected chi connectivity index (χ4v) is 1.06. The van der Waals surface area contributed by atoms with Crippen LogP contribution in [0, 0.1) is 11.3 Å². The summed E-state index contributed by atoms with van der Waals surface area (Å²) in [5.74, 6) is 0. The first-order valence-electron chi connectivity index (χ1n) is 4.49. The molecule has 4 nitrogen and oxygen atoms in total. The Balaban J connectivity index is 0.00000169. The van der Waals surface area contributed by atoms with Crippen molar-refractivity contribution < 1.29 is 0 Å². The van der Waals surface area contributed by atoms with Crippen molar-refractivity contribution in [3.05, 3.63) is 18.0 Å². The molecule has 78 valence electrons. The lowest BCUT2D eigenvalue weighted by Gasteiger charge is -2.00. The maximum Gasteiger partial charge on any atom is 0.0621 e. The van der Waals surface area contributed by atoms with E-state index in [1.807, 2.05) is 6.07 Å². The molecule has 0 aliphatic carbocycles. The summed E-state index contributed by atoms with van der Waals surface area (Å²) in [6.07, 6.45) is 4.44. The summed E-state index contributed by atoms with van der Waals surface area (Å²) in [6, 6.07) is 4.07. The molecule has 1 aromatic heterocycles. The summed E-state index contributed by atoms with van der Waals surface area (Å²) in [6.45, 7) is 1.78. The highest BCUT2D eigenvalue weighted by Crippen LogP contribution is 1.93. The van der Waals surface area contributed by atoms with E-state index in [0.717, 1.165) is 31.6 Å². The quantitative estimate of drug-likeness (QED) is 0.708. The highest BCUT2D eigenvalue weighted by atomic mass is 35.5. The van der Waals surface area contributed by atoms with Gasteiger partial charge >= 0.3 is 0 Å². The number of H-pyrrole nitrogens is 1. The lowest BCUT2D eigenvalue weighted by atomic mass is 10.2. The standard InChI is InChI=1S/C9H14N4.ClH/c10-5-2-1-3-6-11-8-9-4-7-12-13-9;/h4,7,11H,1-3,6,8H2,(H,12,13);1H. The number of halogens is 1. The second kappa shape index (κ2) is 8.54. The van der Waals surface area contributed by atoms with Crippen molar-refractivity contribution in [2.75, 3.05) is 6.54 Å². The number of nitrogens with zero attached hydrogens (tertiary/aromatic N) is 2. The van der Waals surface area contributed by atoms with Crippen LogP contribution in [0.1, 0.15) is 25.0 Å². The Hall–Kier alpha value is -1.05. The third-order valence-electron chi connectivity index (χ3n) is 1.77. The van der Waals surface area contributed by atoms with E-state index in [2.05, 4.69) is 21.6 Å². The average molecular weight is 215 g/mol. The van der Waals surface area contributed by atoms with Crippen LogP contribution in [0.5, 0.6) is 0 Å². The number of hydrogen-bond acceptors (Lipinski definition) is 3. The van der Waals surface area contributed by atoms with Gasteiger partial charge in [-0.3, -0.25) is 5.10 Å². The van der Waals surface area contributed by atoms with Crippen molar-refractivity contribution in [1.29, 1.82) is 5.26 Å². The number of nitrogens with one attached hydrogen (secondary N) is 2. The van der Waals surface area contributed by atoms with Crippen LogP contribution < -0.4 is 5.32 Å². The average Bonchev–Trinajstić information content (AvgIpc) is 2.63. The zero-order chi connectivity index (χ0) is 9.36. The van der Waals surface area contributed by atoms with Crippen LogP contribution in [0.2, 0.25) is 0 Å². The Morgan fingerprint density at radius 1 is 1.50 bits per heavy atom. The first-order valence-corrected chi connectivity index (χ1v) is 4.49. The van der Waals surface area contributed by atoms with Crippen LogP contribution in [0.3, 0.4) is 0 Å². The molecule has 0 aliphatic heterocycles. The van der Waals surface area contributed by atoms with Crippen LogP contribution in [0.25, 0.3) is 0 Å². The molecule has 0 saturated carbocycles. The Kier molecular flexibility index (Phi) is 7.90. The summed E-state index contributed by atoms with van der Waals surface area (Å²) in [4.78, 5) is 0. The van der Waals surface area contributed by atoms with Gasteiger partial charge in [-0.05, 0) is 25.5 Å². The molecule has 0 spiro atoms. The molecule has 0 aliphatic rings. The molecule has 0 unspecified atom stereocenters. The molecule has 0 saturated heterocycles. The second-order valence-electron chi connectivity index (χ2n) is 2.87. The Bertz CT molecular complexity index is 252. The fraction of sp³-hybridized carbons (Fsp3) is 0.556. The molecular weight excluding hydrogens is 200 g/mol. The highest BCUT2D eigenvalue weighted by Gasteiger charge is 1.92. The van der Waals surface area contributed by atoms with Gasteiger partial charge in [0.15, 0.2) is 0 Å². The van der Waals surface area contributed by atoms with E-state index < -0.39 is 0 Å². The van der Waals surface area contributed by atoms with Crippen molar-refractivity contribution >= 4 is 12.4 Å². The number of hydrogen-bond donors (Lipinski definition) is 2. The molecule has 1 heterocycles. The lowest BCUT2D eigenvalue weighted by molar-refractivity contribution is 0.621. The van der Waals surface area contributed by atoms with E-state index >= 15 is 0 Å². The van der Waals surface area contributed by atoms with Crippen molar-refractivity contribution in [3.63, 3.8) is 0 Å². The van der Waals surface area contributed by atoms with E-state index in [4.69, 9.17) is 5.26 Å². The van der Waals surface area contributed by atoms with Gasteiger partial charge in [0.25, 0.3) is 0 Å². The molecule has 14 heavy (non-hydrogen) atoms. The summed E-state index contributed by atoms with van der Waals surface area (Å²) in [5, 5.41) is 18.3. The van der Waals surface area contributed by atoms with E-state index in [1.165, 1.54) is 0 Å². The smallest absolute Gasteiger partial charge is 0.0621 e. The zero-order valence-electron chi connectivity index (χ0n) is 7.99. The summed E-state index contributed by atoms with van der Waals surface area (Å²) in [5.41, 5.74) is 1.10. The second-order valence-corrected chi connectivity index (χ2v) is 2.87. The minimum atomic E-state index is 0. The SMILES string of the molecule is Cl.N#CCCCCNCc1ccn[nH]1. The molecule has 1 aromatic rings. The van der Waals surface area contributed by atoms with E-state index in [1.54, 1.807) is 6.20 Å². The molecule has 0 amide bonds. The predicted molar refractivity (Wildman–Crippen MR) is 57.0 cm³/mol. The first kappa shape index (κ1) is 12.9. The van der Waals surface area contributed by atoms with Crippen LogP contribution in [-0.2, 0) is 6.54 Å². The largest absolute Gasteiger partial charge is 0.311 e. The molecule has 0 aromatic carbocycles. The molecule has 0 atom stereocenters. The van der Waals surface area contributed by atoms with Crippen LogP contribution in [0.4, 0.5) is 0 Å². The predicted octanol–water partition coefficient (Wildman–Crippen LogP) is 1.61. The molecule has 0 fully saturated rings. The van der Waals surface area contributed by atoms with Gasteiger partial charge in [0, 0.05) is 24.9 Å². The van der Waals surface area contributed by atoms with Gasteiger partial charge in [-0.25, -0.2) is 0 Å². The minimum Gasteiger partial charge on any atom is -0.311 e. The van der Waals surface area contributed by atoms with Crippen molar-refractivity contribution in [3.8, 4) is 6.07 Å². The van der Waals surface area contributed by atoms with Crippen LogP contribution in [0.15, 0.2) is 12.3 Å². The van der Waals surface area contributed by atoms with Gasteiger partial charge in [-0.2, -0.15) is 10.4 Å². The molecule has 0 radical (unpaired) electrons. The van der Waals surface area contributed by atoms with Gasteiger partial charge in [-0.1, -0.05) is 0 Å². The van der Waals surface area contributed by atoms with E-state index in [-0.39, 0.29) is 12.4 Å². The summed E-state index contributed by atoms with van der Waals surface area (Å²) >= 11 is 0. The first-order chi connectivity index (χ1) is 6.43. The van der Waals surface area contributed by atoms with Crippen LogP contribution in [-0.4, -0.2) is 16.7 Å². The van der Waals surface area contributed by atoms with Gasteiger partial charge < -0.3 is 5.32 Å². The molecular formula is C9H15ClN4. The number of aromatic nitrogens is 2. The van der Waals surface area contributed by atoms with Gasteiger partial charge in [-0.15, -0.1) is 12.4 Å². The summed E-state index contributed by atoms with van der Waals surface area (Å²) in [7, 11) is 0. The number of rotatable bonds is 6. The third-order valence-corrected chi connectivity index (χ3v) is 1.77. The maximum atomic E-state index is 8.29. The Labute approximate surface area is 90.1 Å². The molecule has 1 rings (SSSR count). The van der Waals surface area contributed by atoms with Crippen molar-refractivity contribution in [1.82, 2.24) is 15.5 Å². The van der Waals surface area contributed by atoms with E-state index in [9.17, 15) is 0 Å². The maximum absolute atomic E-state index is 8.29. The van der Waals surface area contributed by atoms with Crippen LogP contribution >= 0.6 is 12.4 Å². The highest BCUT2D eigenvalue weighted by molar-refractivity contribution is 5.85. The normalized spacial score (nSPS) is 9.07. The monoisotopic (exact) mass is 214 g/mol. The molecule has 0 bridgehead atoms. The molecule has 5 heteroatoms. The Morgan fingerprint density at radius 3 is 3.00 bits per heavy atom. The third kappa shape index (κ3) is 5.57. The zero-order valence-corrected chi connectivity index (χ0v) is 8.81. The fourth-order valence-electron chi connectivity index (χ4n) is 1.06. The number of aromatic amines is 1. The van der Waals surface area contributed by atoms with Crippen molar-refractivity contribution in [2.24, 2.45) is 0 Å². The summed E-state index contributed by atoms with van der Waals surface area (Å²) < 4.78 is 0. The minimum absolute atomic E-state index is 0. The molecule has 2 N–H and O–H groups in total. The number of nitriles is 1. The van der Waals surface area contributed by atoms with Gasteiger partial charge in [0.2, 0.25) is 0 Å². The number of unbranched alkanes of at least 4 members (excludes halogenated alkanes) is 2. The lowest BCUT2D eigenvalue weighted by Crippen LogP contribution is -2.14. The topological polar surface area (TPSA) is 64.5 Å². The Morgan fingerprint density at radius 2 is 2.36 bits per heavy atom. The van der Waals surface area contributed by atoms with Crippen molar-refractivity contribution in [2.45, 2.75) is 25.8 Å².